The number of nitrogens with zero attached hydrogens (tertiary/aromatic N) is 2. The molecule has 2 aromatic rings. The predicted molar refractivity (Wildman–Crippen MR) is 76.3 cm³/mol. The molecular weight excluding hydrogens is 246 g/mol. The normalized spacial score (nSPS) is 12.1. The van der Waals surface area contributed by atoms with Gasteiger partial charge in [0.1, 0.15) is 16.5 Å². The van der Waals surface area contributed by atoms with Gasteiger partial charge < -0.3 is 10.4 Å². The second-order valence-corrected chi connectivity index (χ2v) is 6.19. The maximum absolute atomic E-state index is 9.34. The number of hydrogen-bond acceptors (Lipinski definition) is 5. The first kappa shape index (κ1) is 13.2. The van der Waals surface area contributed by atoms with E-state index in [4.69, 9.17) is 0 Å². The minimum atomic E-state index is -0.387. The van der Waals surface area contributed by atoms with Crippen LogP contribution in [0.4, 0.5) is 5.82 Å². The Labute approximate surface area is 111 Å². The lowest BCUT2D eigenvalue weighted by Gasteiger charge is -2.24. The zero-order chi connectivity index (χ0) is 13.3. The molecule has 0 aliphatic heterocycles. The quantitative estimate of drug-likeness (QED) is 0.892. The van der Waals surface area contributed by atoms with Crippen LogP contribution in [0.1, 0.15) is 31.5 Å². The van der Waals surface area contributed by atoms with Crippen LogP contribution in [0.2, 0.25) is 0 Å². The molecule has 0 aliphatic rings. The summed E-state index contributed by atoms with van der Waals surface area (Å²) in [7, 11) is 0. The molecule has 0 amide bonds. The van der Waals surface area contributed by atoms with E-state index in [-0.39, 0.29) is 12.1 Å². The average Bonchev–Trinajstić information content (AvgIpc) is 2.71. The second kappa shape index (κ2) is 4.82. The van der Waals surface area contributed by atoms with Crippen LogP contribution >= 0.6 is 11.3 Å². The van der Waals surface area contributed by atoms with E-state index in [1.54, 1.807) is 11.3 Å². The van der Waals surface area contributed by atoms with Crippen LogP contribution in [-0.2, 0) is 6.42 Å². The maximum atomic E-state index is 9.34. The Kier molecular flexibility index (Phi) is 3.54. The molecule has 0 radical (unpaired) electrons. The van der Waals surface area contributed by atoms with Gasteiger partial charge in [0.25, 0.3) is 0 Å². The van der Waals surface area contributed by atoms with Crippen molar-refractivity contribution in [2.45, 2.75) is 39.7 Å². The van der Waals surface area contributed by atoms with Crippen molar-refractivity contribution in [3.8, 4) is 0 Å². The Morgan fingerprint density at radius 2 is 2.11 bits per heavy atom. The van der Waals surface area contributed by atoms with E-state index in [1.807, 2.05) is 20.8 Å². The van der Waals surface area contributed by atoms with Crippen LogP contribution in [0.25, 0.3) is 10.2 Å². The highest BCUT2D eigenvalue weighted by Gasteiger charge is 2.19. The molecule has 0 fully saturated rings. The third-order valence-corrected chi connectivity index (χ3v) is 3.93. The molecule has 98 valence electrons. The van der Waals surface area contributed by atoms with Gasteiger partial charge in [0.2, 0.25) is 0 Å². The third-order valence-electron chi connectivity index (χ3n) is 2.76. The van der Waals surface area contributed by atoms with Crippen molar-refractivity contribution in [2.75, 3.05) is 11.9 Å². The minimum absolute atomic E-state index is 0.0579. The van der Waals surface area contributed by atoms with Gasteiger partial charge in [0, 0.05) is 4.88 Å². The highest BCUT2D eigenvalue weighted by atomic mass is 32.1. The van der Waals surface area contributed by atoms with Gasteiger partial charge in [-0.1, -0.05) is 6.92 Å². The topological polar surface area (TPSA) is 58.0 Å². The fraction of sp³-hybridized carbons (Fsp3) is 0.538. The summed E-state index contributed by atoms with van der Waals surface area (Å²) in [5, 5.41) is 13.7. The molecule has 4 nitrogen and oxygen atoms in total. The molecule has 2 heterocycles. The van der Waals surface area contributed by atoms with Crippen molar-refractivity contribution in [1.29, 1.82) is 0 Å². The average molecular weight is 265 g/mol. The number of rotatable bonds is 4. The third kappa shape index (κ3) is 2.62. The summed E-state index contributed by atoms with van der Waals surface area (Å²) in [6.07, 6.45) is 1.00. The number of thiophene rings is 1. The van der Waals surface area contributed by atoms with Crippen LogP contribution in [-0.4, -0.2) is 27.2 Å². The van der Waals surface area contributed by atoms with Gasteiger partial charge in [0.05, 0.1) is 17.5 Å². The van der Waals surface area contributed by atoms with Crippen molar-refractivity contribution >= 4 is 27.4 Å². The minimum Gasteiger partial charge on any atom is -0.394 e. The lowest BCUT2D eigenvalue weighted by molar-refractivity contribution is 0.234. The second-order valence-electron chi connectivity index (χ2n) is 5.07. The first-order valence-corrected chi connectivity index (χ1v) is 6.93. The molecule has 0 saturated heterocycles. The summed E-state index contributed by atoms with van der Waals surface area (Å²) in [6.45, 7) is 7.98. The molecule has 0 unspecified atom stereocenters. The predicted octanol–water partition coefficient (Wildman–Crippen LogP) is 2.74. The van der Waals surface area contributed by atoms with E-state index in [9.17, 15) is 5.11 Å². The van der Waals surface area contributed by atoms with Gasteiger partial charge >= 0.3 is 0 Å². The number of fused-ring (bicyclic) bond motifs is 1. The highest BCUT2D eigenvalue weighted by Crippen LogP contribution is 2.30. The summed E-state index contributed by atoms with van der Waals surface area (Å²) in [6, 6.07) is 2.13. The molecule has 0 saturated carbocycles. The standard InChI is InChI=1S/C13H19N3OS/c1-5-9-6-10-11(16-13(3,4)7-17)14-8(2)15-12(10)18-9/h6,17H,5,7H2,1-4H3,(H,14,15,16). The van der Waals surface area contributed by atoms with E-state index in [0.29, 0.717) is 0 Å². The SMILES string of the molecule is CCc1cc2c(NC(C)(C)CO)nc(C)nc2s1. The Hall–Kier alpha value is -1.20. The number of aromatic nitrogens is 2. The maximum Gasteiger partial charge on any atom is 0.139 e. The molecule has 0 atom stereocenters. The Morgan fingerprint density at radius 3 is 2.72 bits per heavy atom. The van der Waals surface area contributed by atoms with E-state index < -0.39 is 0 Å². The first-order chi connectivity index (χ1) is 8.45. The van der Waals surface area contributed by atoms with Gasteiger partial charge in [0.15, 0.2) is 0 Å². The molecule has 2 N–H and O–H groups in total. The summed E-state index contributed by atoms with van der Waals surface area (Å²) < 4.78 is 0. The number of hydrogen-bond donors (Lipinski definition) is 2. The Bertz CT molecular complexity index is 563. The summed E-state index contributed by atoms with van der Waals surface area (Å²) >= 11 is 1.71. The fourth-order valence-electron chi connectivity index (χ4n) is 1.71. The van der Waals surface area contributed by atoms with Crippen LogP contribution in [0.15, 0.2) is 6.07 Å². The zero-order valence-corrected chi connectivity index (χ0v) is 12.1. The molecule has 0 spiro atoms. The van der Waals surface area contributed by atoms with E-state index in [2.05, 4.69) is 28.3 Å². The Balaban J connectivity index is 2.51. The van der Waals surface area contributed by atoms with Gasteiger partial charge in [-0.3, -0.25) is 0 Å². The Morgan fingerprint density at radius 1 is 1.39 bits per heavy atom. The van der Waals surface area contributed by atoms with Gasteiger partial charge in [-0.15, -0.1) is 11.3 Å². The number of aryl methyl sites for hydroxylation is 2. The number of nitrogens with one attached hydrogen (secondary N) is 1. The van der Waals surface area contributed by atoms with Crippen molar-refractivity contribution in [3.63, 3.8) is 0 Å². The number of anilines is 1. The fourth-order valence-corrected chi connectivity index (χ4v) is 2.72. The van der Waals surface area contributed by atoms with Gasteiger partial charge in [-0.2, -0.15) is 0 Å². The lowest BCUT2D eigenvalue weighted by atomic mass is 10.1. The zero-order valence-electron chi connectivity index (χ0n) is 11.2. The van der Waals surface area contributed by atoms with Gasteiger partial charge in [-0.25, -0.2) is 9.97 Å². The van der Waals surface area contributed by atoms with Crippen molar-refractivity contribution < 1.29 is 5.11 Å². The molecule has 0 aliphatic carbocycles. The molecule has 2 rings (SSSR count). The number of aliphatic hydroxyl groups excluding tert-OH is 1. The van der Waals surface area contributed by atoms with E-state index >= 15 is 0 Å². The molecule has 18 heavy (non-hydrogen) atoms. The molecule has 5 heteroatoms. The highest BCUT2D eigenvalue weighted by molar-refractivity contribution is 7.18. The summed E-state index contributed by atoms with van der Waals surface area (Å²) in [5.74, 6) is 1.57. The van der Waals surface area contributed by atoms with E-state index in [0.717, 1.165) is 28.3 Å². The summed E-state index contributed by atoms with van der Waals surface area (Å²) in [4.78, 5) is 11.2. The molecule has 0 bridgehead atoms. The molecule has 2 aromatic heterocycles. The van der Waals surface area contributed by atoms with Crippen molar-refractivity contribution in [1.82, 2.24) is 9.97 Å². The van der Waals surface area contributed by atoms with Gasteiger partial charge in [-0.05, 0) is 33.3 Å². The van der Waals surface area contributed by atoms with Crippen LogP contribution in [0.5, 0.6) is 0 Å². The largest absolute Gasteiger partial charge is 0.394 e. The summed E-state index contributed by atoms with van der Waals surface area (Å²) in [5.41, 5.74) is -0.387. The van der Waals surface area contributed by atoms with E-state index in [1.165, 1.54) is 4.88 Å². The smallest absolute Gasteiger partial charge is 0.139 e. The van der Waals surface area contributed by atoms with Crippen molar-refractivity contribution in [3.05, 3.63) is 16.8 Å². The number of aliphatic hydroxyl groups is 1. The van der Waals surface area contributed by atoms with Crippen molar-refractivity contribution in [2.24, 2.45) is 0 Å². The molecule has 0 aromatic carbocycles. The van der Waals surface area contributed by atoms with Crippen LogP contribution < -0.4 is 5.32 Å². The lowest BCUT2D eigenvalue weighted by Crippen LogP contribution is -2.35. The molecular formula is C13H19N3OS. The first-order valence-electron chi connectivity index (χ1n) is 6.11. The monoisotopic (exact) mass is 265 g/mol. The van der Waals surface area contributed by atoms with Crippen LogP contribution in [0.3, 0.4) is 0 Å². The van der Waals surface area contributed by atoms with Crippen LogP contribution in [0, 0.1) is 6.92 Å².